The molecule has 0 aromatic carbocycles. The maximum atomic E-state index is 9.29. The first-order chi connectivity index (χ1) is 6.27. The Balaban J connectivity index is 2.35. The summed E-state index contributed by atoms with van der Waals surface area (Å²) in [5.41, 5.74) is 5.63. The maximum absolute atomic E-state index is 9.29. The monoisotopic (exact) mass is 188 g/mol. The molecule has 1 rings (SSSR count). The molecule has 78 valence electrons. The molecule has 0 aromatic rings. The third-order valence-corrected chi connectivity index (χ3v) is 2.68. The van der Waals surface area contributed by atoms with Gasteiger partial charge in [0.05, 0.1) is 12.7 Å². The second-order valence-electron chi connectivity index (χ2n) is 3.72. The molecular weight excluding hydrogens is 168 g/mol. The molecule has 1 saturated heterocycles. The minimum absolute atomic E-state index is 0.159. The summed E-state index contributed by atoms with van der Waals surface area (Å²) in [6, 6.07) is 0.398. The summed E-state index contributed by atoms with van der Waals surface area (Å²) in [5.74, 6) is 0. The van der Waals surface area contributed by atoms with Crippen molar-refractivity contribution in [1.82, 2.24) is 4.90 Å². The topological polar surface area (TPSA) is 69.7 Å². The van der Waals surface area contributed by atoms with E-state index >= 15 is 0 Å². The lowest BCUT2D eigenvalue weighted by Crippen LogP contribution is -2.47. The fraction of sp³-hybridized carbons (Fsp3) is 1.00. The van der Waals surface area contributed by atoms with Crippen LogP contribution in [0.25, 0.3) is 0 Å². The lowest BCUT2D eigenvalue weighted by molar-refractivity contribution is 0.0350. The van der Waals surface area contributed by atoms with Gasteiger partial charge in [-0.2, -0.15) is 0 Å². The minimum atomic E-state index is -0.618. The van der Waals surface area contributed by atoms with Crippen LogP contribution in [0.15, 0.2) is 0 Å². The Bertz CT molecular complexity index is 144. The van der Waals surface area contributed by atoms with Gasteiger partial charge in [0, 0.05) is 19.1 Å². The van der Waals surface area contributed by atoms with Gasteiger partial charge in [-0.3, -0.25) is 4.90 Å². The second kappa shape index (κ2) is 5.54. The van der Waals surface area contributed by atoms with Gasteiger partial charge in [-0.15, -0.1) is 0 Å². The Morgan fingerprint density at radius 2 is 2.23 bits per heavy atom. The zero-order valence-electron chi connectivity index (χ0n) is 8.02. The fourth-order valence-corrected chi connectivity index (χ4v) is 1.90. The Kier molecular flexibility index (Phi) is 4.66. The lowest BCUT2D eigenvalue weighted by atomic mass is 10.0. The molecule has 0 radical (unpaired) electrons. The lowest BCUT2D eigenvalue weighted by Gasteiger charge is -2.35. The first kappa shape index (κ1) is 10.9. The van der Waals surface area contributed by atoms with Gasteiger partial charge < -0.3 is 15.9 Å². The van der Waals surface area contributed by atoms with Crippen LogP contribution in [0.3, 0.4) is 0 Å². The predicted molar refractivity (Wildman–Crippen MR) is 51.4 cm³/mol. The van der Waals surface area contributed by atoms with Crippen molar-refractivity contribution in [3.8, 4) is 0 Å². The molecule has 4 nitrogen and oxygen atoms in total. The highest BCUT2D eigenvalue weighted by molar-refractivity contribution is 4.79. The zero-order chi connectivity index (χ0) is 9.68. The number of rotatable bonds is 4. The molecule has 0 aromatic heterocycles. The molecule has 0 bridgehead atoms. The van der Waals surface area contributed by atoms with Gasteiger partial charge in [-0.05, 0) is 19.4 Å². The van der Waals surface area contributed by atoms with E-state index in [1.165, 1.54) is 12.8 Å². The maximum Gasteiger partial charge on any atom is 0.0897 e. The SMILES string of the molecule is NCC1CCCCN1CC(O)CO. The van der Waals surface area contributed by atoms with Crippen LogP contribution in [0, 0.1) is 0 Å². The summed E-state index contributed by atoms with van der Waals surface area (Å²) < 4.78 is 0. The number of aliphatic hydroxyl groups is 2. The van der Waals surface area contributed by atoms with Crippen LogP contribution in [0.5, 0.6) is 0 Å². The average molecular weight is 188 g/mol. The predicted octanol–water partition coefficient (Wildman–Crippen LogP) is -0.847. The highest BCUT2D eigenvalue weighted by atomic mass is 16.3. The summed E-state index contributed by atoms with van der Waals surface area (Å²) in [5, 5.41) is 18.0. The molecule has 4 N–H and O–H groups in total. The van der Waals surface area contributed by atoms with Crippen LogP contribution >= 0.6 is 0 Å². The molecule has 1 fully saturated rings. The Morgan fingerprint density at radius 1 is 1.46 bits per heavy atom. The van der Waals surface area contributed by atoms with Gasteiger partial charge in [0.2, 0.25) is 0 Å². The largest absolute Gasteiger partial charge is 0.394 e. The van der Waals surface area contributed by atoms with E-state index in [1.807, 2.05) is 0 Å². The third-order valence-electron chi connectivity index (χ3n) is 2.68. The molecular formula is C9H20N2O2. The molecule has 1 aliphatic heterocycles. The van der Waals surface area contributed by atoms with Crippen LogP contribution in [0.2, 0.25) is 0 Å². The molecule has 0 saturated carbocycles. The minimum Gasteiger partial charge on any atom is -0.394 e. The van der Waals surface area contributed by atoms with Gasteiger partial charge in [-0.25, -0.2) is 0 Å². The quantitative estimate of drug-likeness (QED) is 0.537. The van der Waals surface area contributed by atoms with Gasteiger partial charge in [0.15, 0.2) is 0 Å². The Labute approximate surface area is 79.3 Å². The van der Waals surface area contributed by atoms with Crippen LogP contribution in [-0.4, -0.2) is 53.5 Å². The van der Waals surface area contributed by atoms with Crippen molar-refractivity contribution in [1.29, 1.82) is 0 Å². The van der Waals surface area contributed by atoms with E-state index in [0.717, 1.165) is 13.0 Å². The fourth-order valence-electron chi connectivity index (χ4n) is 1.90. The number of piperidine rings is 1. The smallest absolute Gasteiger partial charge is 0.0897 e. The van der Waals surface area contributed by atoms with Crippen molar-refractivity contribution in [2.75, 3.05) is 26.2 Å². The number of nitrogens with zero attached hydrogens (tertiary/aromatic N) is 1. The summed E-state index contributed by atoms with van der Waals surface area (Å²) in [4.78, 5) is 2.18. The van der Waals surface area contributed by atoms with E-state index < -0.39 is 6.10 Å². The van der Waals surface area contributed by atoms with Crippen LogP contribution in [0.4, 0.5) is 0 Å². The van der Waals surface area contributed by atoms with E-state index in [1.54, 1.807) is 0 Å². The van der Waals surface area contributed by atoms with Gasteiger partial charge in [0.1, 0.15) is 0 Å². The highest BCUT2D eigenvalue weighted by Gasteiger charge is 2.22. The summed E-state index contributed by atoms with van der Waals surface area (Å²) in [6.45, 7) is 2.04. The van der Waals surface area contributed by atoms with Crippen molar-refractivity contribution < 1.29 is 10.2 Å². The van der Waals surface area contributed by atoms with E-state index in [4.69, 9.17) is 10.8 Å². The summed E-state index contributed by atoms with van der Waals surface area (Å²) in [7, 11) is 0. The number of hydrogen-bond acceptors (Lipinski definition) is 4. The standard InChI is InChI=1S/C9H20N2O2/c10-5-8-3-1-2-4-11(8)6-9(13)7-12/h8-9,12-13H,1-7,10H2. The van der Waals surface area contributed by atoms with E-state index in [0.29, 0.717) is 19.1 Å². The Hall–Kier alpha value is -0.160. The number of hydrogen-bond donors (Lipinski definition) is 3. The summed E-state index contributed by atoms with van der Waals surface area (Å²) >= 11 is 0. The number of likely N-dealkylation sites (tertiary alicyclic amines) is 1. The molecule has 13 heavy (non-hydrogen) atoms. The first-order valence-corrected chi connectivity index (χ1v) is 5.01. The van der Waals surface area contributed by atoms with E-state index in [2.05, 4.69) is 4.90 Å². The molecule has 4 heteroatoms. The molecule has 2 atom stereocenters. The van der Waals surface area contributed by atoms with Crippen molar-refractivity contribution in [2.45, 2.75) is 31.4 Å². The van der Waals surface area contributed by atoms with Crippen molar-refractivity contribution in [3.63, 3.8) is 0 Å². The van der Waals surface area contributed by atoms with E-state index in [9.17, 15) is 5.11 Å². The van der Waals surface area contributed by atoms with E-state index in [-0.39, 0.29) is 6.61 Å². The number of aliphatic hydroxyl groups excluding tert-OH is 2. The van der Waals surface area contributed by atoms with Crippen LogP contribution in [-0.2, 0) is 0 Å². The van der Waals surface area contributed by atoms with Gasteiger partial charge in [0.25, 0.3) is 0 Å². The van der Waals surface area contributed by atoms with Crippen LogP contribution < -0.4 is 5.73 Å². The van der Waals surface area contributed by atoms with Crippen molar-refractivity contribution in [3.05, 3.63) is 0 Å². The Morgan fingerprint density at radius 3 is 2.85 bits per heavy atom. The highest BCUT2D eigenvalue weighted by Crippen LogP contribution is 2.15. The van der Waals surface area contributed by atoms with Gasteiger partial charge >= 0.3 is 0 Å². The normalized spacial score (nSPS) is 27.5. The molecule has 0 spiro atoms. The number of nitrogens with two attached hydrogens (primary N) is 1. The van der Waals surface area contributed by atoms with Crippen LogP contribution in [0.1, 0.15) is 19.3 Å². The molecule has 0 amide bonds. The third kappa shape index (κ3) is 3.23. The molecule has 1 aliphatic rings. The van der Waals surface area contributed by atoms with Crippen molar-refractivity contribution in [2.24, 2.45) is 5.73 Å². The zero-order valence-corrected chi connectivity index (χ0v) is 8.02. The molecule has 0 aliphatic carbocycles. The number of β-amino-alcohol motifs (C(OH)–C–C–N with tert-alkyl or cyclic N) is 1. The van der Waals surface area contributed by atoms with Gasteiger partial charge in [-0.1, -0.05) is 6.42 Å². The average Bonchev–Trinajstić information content (AvgIpc) is 2.18. The first-order valence-electron chi connectivity index (χ1n) is 5.01. The molecule has 1 heterocycles. The van der Waals surface area contributed by atoms with Crippen molar-refractivity contribution >= 4 is 0 Å². The summed E-state index contributed by atoms with van der Waals surface area (Å²) in [6.07, 6.45) is 2.91. The molecule has 2 unspecified atom stereocenters. The second-order valence-corrected chi connectivity index (χ2v) is 3.72.